The van der Waals surface area contributed by atoms with Gasteiger partial charge in [-0.1, -0.05) is 23.7 Å². The number of thiophene rings is 1. The number of hydrogen-bond acceptors (Lipinski definition) is 5. The molecule has 0 unspecified atom stereocenters. The first-order valence-corrected chi connectivity index (χ1v) is 13.4. The maximum Gasteiger partial charge on any atom is 0.258 e. The van der Waals surface area contributed by atoms with Gasteiger partial charge in [0, 0.05) is 47.6 Å². The maximum atomic E-state index is 13.0. The molecule has 0 aliphatic carbocycles. The number of nitrogens with zero attached hydrogens (tertiary/aromatic N) is 2. The molecule has 1 N–H and O–H groups in total. The van der Waals surface area contributed by atoms with Crippen molar-refractivity contribution in [3.05, 3.63) is 52.4 Å². The van der Waals surface area contributed by atoms with Crippen LogP contribution in [-0.2, 0) is 14.8 Å². The van der Waals surface area contributed by atoms with Crippen LogP contribution in [0.1, 0.15) is 30.1 Å². The van der Waals surface area contributed by atoms with Crippen LogP contribution in [0.2, 0.25) is 4.34 Å². The van der Waals surface area contributed by atoms with E-state index in [4.69, 9.17) is 11.6 Å². The SMILES string of the molecule is CCN1C(=O)c2cccc3c(NC(=O)C4CCN(S(=O)(=O)c5ccc(Cl)s5)CC4)ccc1c23. The molecular weight excluding hydrogens is 482 g/mol. The predicted molar refractivity (Wildman–Crippen MR) is 131 cm³/mol. The highest BCUT2D eigenvalue weighted by Gasteiger charge is 2.34. The van der Waals surface area contributed by atoms with Gasteiger partial charge in [0.05, 0.1) is 10.0 Å². The van der Waals surface area contributed by atoms with Gasteiger partial charge in [0.25, 0.3) is 15.9 Å². The molecule has 2 aliphatic rings. The van der Waals surface area contributed by atoms with Gasteiger partial charge in [-0.05, 0) is 50.1 Å². The van der Waals surface area contributed by atoms with Crippen molar-refractivity contribution in [3.8, 4) is 0 Å². The van der Waals surface area contributed by atoms with Crippen LogP contribution in [0.15, 0.2) is 46.7 Å². The monoisotopic (exact) mass is 503 g/mol. The number of carbonyl (C=O) groups is 2. The topological polar surface area (TPSA) is 86.8 Å². The van der Waals surface area contributed by atoms with Crippen molar-refractivity contribution in [1.29, 1.82) is 0 Å². The fourth-order valence-corrected chi connectivity index (χ4v) is 7.73. The first-order chi connectivity index (χ1) is 15.8. The Labute approximate surface area is 201 Å². The molecule has 0 bridgehead atoms. The van der Waals surface area contributed by atoms with Crippen LogP contribution in [0.25, 0.3) is 10.8 Å². The molecule has 3 aromatic rings. The zero-order chi connectivity index (χ0) is 23.3. The van der Waals surface area contributed by atoms with Crippen molar-refractivity contribution in [1.82, 2.24) is 4.31 Å². The highest BCUT2D eigenvalue weighted by atomic mass is 35.5. The van der Waals surface area contributed by atoms with Crippen molar-refractivity contribution in [3.63, 3.8) is 0 Å². The Bertz CT molecular complexity index is 1380. The highest BCUT2D eigenvalue weighted by molar-refractivity contribution is 7.91. The minimum atomic E-state index is -3.59. The molecule has 172 valence electrons. The van der Waals surface area contributed by atoms with Crippen LogP contribution in [0, 0.1) is 5.92 Å². The van der Waals surface area contributed by atoms with Gasteiger partial charge in [0.15, 0.2) is 0 Å². The van der Waals surface area contributed by atoms with E-state index in [0.717, 1.165) is 27.8 Å². The molecule has 2 aromatic carbocycles. The second-order valence-electron chi connectivity index (χ2n) is 8.14. The number of anilines is 2. The van der Waals surface area contributed by atoms with E-state index >= 15 is 0 Å². The van der Waals surface area contributed by atoms with Crippen LogP contribution in [0.5, 0.6) is 0 Å². The van der Waals surface area contributed by atoms with Crippen LogP contribution in [0.3, 0.4) is 0 Å². The van der Waals surface area contributed by atoms with E-state index in [1.54, 1.807) is 11.0 Å². The van der Waals surface area contributed by atoms with E-state index in [1.165, 1.54) is 10.4 Å². The summed E-state index contributed by atoms with van der Waals surface area (Å²) in [6.45, 7) is 3.07. The van der Waals surface area contributed by atoms with Gasteiger partial charge in [-0.15, -0.1) is 11.3 Å². The Morgan fingerprint density at radius 2 is 1.91 bits per heavy atom. The van der Waals surface area contributed by atoms with Crippen molar-refractivity contribution < 1.29 is 18.0 Å². The fraction of sp³-hybridized carbons (Fsp3) is 0.304. The van der Waals surface area contributed by atoms with E-state index < -0.39 is 10.0 Å². The van der Waals surface area contributed by atoms with Crippen molar-refractivity contribution in [2.75, 3.05) is 29.9 Å². The molecule has 0 radical (unpaired) electrons. The first-order valence-electron chi connectivity index (χ1n) is 10.7. The zero-order valence-corrected chi connectivity index (χ0v) is 20.3. The Balaban J connectivity index is 1.32. The molecule has 2 aliphatic heterocycles. The van der Waals surface area contributed by atoms with E-state index in [1.807, 2.05) is 37.3 Å². The summed E-state index contributed by atoms with van der Waals surface area (Å²) < 4.78 is 27.7. The lowest BCUT2D eigenvalue weighted by atomic mass is 9.96. The second-order valence-corrected chi connectivity index (χ2v) is 12.0. The van der Waals surface area contributed by atoms with Gasteiger partial charge < -0.3 is 10.2 Å². The lowest BCUT2D eigenvalue weighted by molar-refractivity contribution is -0.120. The number of sulfonamides is 1. The predicted octanol–water partition coefficient (Wildman–Crippen LogP) is 4.57. The average molecular weight is 504 g/mol. The molecule has 5 rings (SSSR count). The van der Waals surface area contributed by atoms with Crippen LogP contribution in [-0.4, -0.2) is 44.2 Å². The summed E-state index contributed by atoms with van der Waals surface area (Å²) in [5.74, 6) is -0.453. The highest BCUT2D eigenvalue weighted by Crippen LogP contribution is 2.40. The molecule has 1 aromatic heterocycles. The number of carbonyl (C=O) groups excluding carboxylic acids is 2. The van der Waals surface area contributed by atoms with Gasteiger partial charge in [0.2, 0.25) is 5.91 Å². The molecule has 7 nitrogen and oxygen atoms in total. The molecule has 0 atom stereocenters. The summed E-state index contributed by atoms with van der Waals surface area (Å²) >= 11 is 6.93. The van der Waals surface area contributed by atoms with Crippen LogP contribution in [0.4, 0.5) is 11.4 Å². The van der Waals surface area contributed by atoms with Gasteiger partial charge in [-0.2, -0.15) is 4.31 Å². The largest absolute Gasteiger partial charge is 0.325 e. The molecular formula is C23H22ClN3O4S2. The second kappa shape index (κ2) is 8.39. The molecule has 10 heteroatoms. The fourth-order valence-electron chi connectivity index (χ4n) is 4.63. The van der Waals surface area contributed by atoms with E-state index in [-0.39, 0.29) is 35.0 Å². The molecule has 1 fully saturated rings. The summed E-state index contributed by atoms with van der Waals surface area (Å²) in [5, 5.41) is 4.71. The Morgan fingerprint density at radius 3 is 2.58 bits per heavy atom. The third-order valence-electron chi connectivity index (χ3n) is 6.33. The smallest absolute Gasteiger partial charge is 0.258 e. The van der Waals surface area contributed by atoms with E-state index in [0.29, 0.717) is 35.0 Å². The average Bonchev–Trinajstić information content (AvgIpc) is 3.38. The molecule has 3 heterocycles. The standard InChI is InChI=1S/C23H22ClN3O4S2/c1-2-27-18-7-6-17(15-4-3-5-16(21(15)18)23(27)29)25-22(28)14-10-12-26(13-11-14)33(30,31)20-9-8-19(24)32-20/h3-9,14H,2,10-13H2,1H3,(H,25,28). The lowest BCUT2D eigenvalue weighted by Crippen LogP contribution is -2.41. The van der Waals surface area contributed by atoms with Gasteiger partial charge >= 0.3 is 0 Å². The zero-order valence-electron chi connectivity index (χ0n) is 17.9. The number of amides is 2. The Hall–Kier alpha value is -2.46. The van der Waals surface area contributed by atoms with Crippen LogP contribution >= 0.6 is 22.9 Å². The first kappa shape index (κ1) is 22.3. The maximum absolute atomic E-state index is 13.0. The van der Waals surface area contributed by atoms with Crippen molar-refractivity contribution in [2.45, 2.75) is 24.0 Å². The molecule has 0 saturated carbocycles. The molecule has 2 amide bonds. The Kier molecular flexibility index (Phi) is 5.68. The number of halogens is 1. The third kappa shape index (κ3) is 3.73. The third-order valence-corrected chi connectivity index (χ3v) is 9.92. The summed E-state index contributed by atoms with van der Waals surface area (Å²) in [5.41, 5.74) is 2.17. The molecule has 1 saturated heterocycles. The van der Waals surface area contributed by atoms with Gasteiger partial charge in [-0.3, -0.25) is 9.59 Å². The number of benzene rings is 2. The quantitative estimate of drug-likeness (QED) is 0.552. The summed E-state index contributed by atoms with van der Waals surface area (Å²) in [6.07, 6.45) is 0.876. The number of nitrogens with one attached hydrogen (secondary N) is 1. The van der Waals surface area contributed by atoms with Gasteiger partial charge in [-0.25, -0.2) is 8.42 Å². The van der Waals surface area contributed by atoms with Crippen molar-refractivity contribution in [2.24, 2.45) is 5.92 Å². The van der Waals surface area contributed by atoms with Crippen molar-refractivity contribution >= 4 is 66.9 Å². The molecule has 0 spiro atoms. The molecule has 33 heavy (non-hydrogen) atoms. The Morgan fingerprint density at radius 1 is 1.15 bits per heavy atom. The minimum absolute atomic E-state index is 0.0258. The number of piperidine rings is 1. The summed E-state index contributed by atoms with van der Waals surface area (Å²) in [4.78, 5) is 27.5. The summed E-state index contributed by atoms with van der Waals surface area (Å²) in [6, 6.07) is 12.3. The number of rotatable bonds is 5. The summed E-state index contributed by atoms with van der Waals surface area (Å²) in [7, 11) is -3.59. The van der Waals surface area contributed by atoms with E-state index in [9.17, 15) is 18.0 Å². The lowest BCUT2D eigenvalue weighted by Gasteiger charge is -2.30. The van der Waals surface area contributed by atoms with E-state index in [2.05, 4.69) is 5.32 Å². The minimum Gasteiger partial charge on any atom is -0.325 e. The van der Waals surface area contributed by atoms with Gasteiger partial charge in [0.1, 0.15) is 4.21 Å². The van der Waals surface area contributed by atoms with Crippen LogP contribution < -0.4 is 10.2 Å². The normalized spacial score (nSPS) is 17.2. The number of hydrogen-bond donors (Lipinski definition) is 1.